The van der Waals surface area contributed by atoms with Gasteiger partial charge in [0.1, 0.15) is 29.7 Å². The zero-order valence-electron chi connectivity index (χ0n) is 18.3. The van der Waals surface area contributed by atoms with Gasteiger partial charge in [0, 0.05) is 24.7 Å². The van der Waals surface area contributed by atoms with E-state index < -0.39 is 24.4 Å². The first-order valence-corrected chi connectivity index (χ1v) is 10.7. The van der Waals surface area contributed by atoms with Crippen molar-refractivity contribution in [2.75, 3.05) is 26.9 Å². The van der Waals surface area contributed by atoms with Crippen molar-refractivity contribution in [3.63, 3.8) is 0 Å². The molecule has 1 aliphatic rings. The van der Waals surface area contributed by atoms with Crippen LogP contribution in [0.25, 0.3) is 28.1 Å². The minimum absolute atomic E-state index is 0.0115. The summed E-state index contributed by atoms with van der Waals surface area (Å²) in [5.41, 5.74) is 6.05. The molecule has 0 amide bonds. The van der Waals surface area contributed by atoms with Gasteiger partial charge in [-0.05, 0) is 30.2 Å². The van der Waals surface area contributed by atoms with Gasteiger partial charge in [-0.1, -0.05) is 24.3 Å². The van der Waals surface area contributed by atoms with Crippen molar-refractivity contribution in [3.05, 3.63) is 54.2 Å². The fourth-order valence-corrected chi connectivity index (χ4v) is 4.52. The maximum absolute atomic E-state index is 14.2. The van der Waals surface area contributed by atoms with Crippen LogP contribution < -0.4 is 10.5 Å². The number of pyridine rings is 2. The van der Waals surface area contributed by atoms with Gasteiger partial charge in [-0.25, -0.2) is 9.37 Å². The Kier molecular flexibility index (Phi) is 5.40. The molecule has 1 fully saturated rings. The fraction of sp³-hybridized carbons (Fsp3) is 0.348. The Balaban J connectivity index is 1.60. The molecule has 0 spiro atoms. The molecule has 11 heteroatoms. The molecule has 0 saturated carbocycles. The van der Waals surface area contributed by atoms with E-state index in [1.54, 1.807) is 12.1 Å². The van der Waals surface area contributed by atoms with E-state index in [1.807, 2.05) is 18.2 Å². The van der Waals surface area contributed by atoms with E-state index in [0.29, 0.717) is 28.4 Å². The number of benzene rings is 1. The van der Waals surface area contributed by atoms with Gasteiger partial charge in [-0.3, -0.25) is 9.30 Å². The number of aromatic nitrogens is 4. The molecule has 4 aromatic rings. The Bertz CT molecular complexity index is 1360. The van der Waals surface area contributed by atoms with Crippen LogP contribution >= 0.6 is 0 Å². The summed E-state index contributed by atoms with van der Waals surface area (Å²) in [6.45, 7) is -1.02. The van der Waals surface area contributed by atoms with E-state index in [4.69, 9.17) is 10.5 Å². The molecule has 1 aliphatic heterocycles. The molecule has 3 aromatic heterocycles. The van der Waals surface area contributed by atoms with Crippen LogP contribution in [0, 0.1) is 0 Å². The van der Waals surface area contributed by atoms with Crippen LogP contribution in [-0.2, 0) is 0 Å². The molecule has 0 unspecified atom stereocenters. The van der Waals surface area contributed by atoms with Gasteiger partial charge in [0.05, 0.1) is 12.6 Å². The SMILES string of the molecule is COc1cccc2ccc(-c3nnc4ccc([C@@H](N5CC[C@@](N)(CF)C5)C(F)(F)F)cn34)nc12. The first kappa shape index (κ1) is 22.5. The number of halogens is 4. The van der Waals surface area contributed by atoms with Gasteiger partial charge < -0.3 is 10.5 Å². The largest absolute Gasteiger partial charge is 0.494 e. The first-order valence-electron chi connectivity index (χ1n) is 10.7. The molecule has 7 nitrogen and oxygen atoms in total. The zero-order chi connectivity index (χ0) is 24.1. The van der Waals surface area contributed by atoms with Crippen LogP contribution in [0.15, 0.2) is 48.7 Å². The van der Waals surface area contributed by atoms with Crippen molar-refractivity contribution < 1.29 is 22.3 Å². The zero-order valence-corrected chi connectivity index (χ0v) is 18.3. The van der Waals surface area contributed by atoms with Crippen molar-refractivity contribution in [2.45, 2.75) is 24.2 Å². The molecule has 34 heavy (non-hydrogen) atoms. The maximum atomic E-state index is 14.2. The second-order valence-corrected chi connectivity index (χ2v) is 8.60. The second kappa shape index (κ2) is 8.17. The Morgan fingerprint density at radius 1 is 1.15 bits per heavy atom. The van der Waals surface area contributed by atoms with Crippen molar-refractivity contribution >= 4 is 16.6 Å². The van der Waals surface area contributed by atoms with E-state index in [-0.39, 0.29) is 25.1 Å². The number of hydrogen-bond acceptors (Lipinski definition) is 6. The summed E-state index contributed by atoms with van der Waals surface area (Å²) in [5, 5.41) is 9.11. The summed E-state index contributed by atoms with van der Waals surface area (Å²) in [7, 11) is 1.54. The standard InChI is InChI=1S/C23H22F4N6O/c1-34-17-4-2-3-14-5-7-16(29-19(14)17)21-31-30-18-8-6-15(11-33(18)21)20(23(25,26)27)32-10-9-22(28,12-24)13-32/h2-8,11,20H,9-10,12-13,28H2,1H3/t20-,22-/m1/s1. The Hall–Kier alpha value is -3.31. The highest BCUT2D eigenvalue weighted by Gasteiger charge is 2.49. The third-order valence-corrected chi connectivity index (χ3v) is 6.23. The lowest BCUT2D eigenvalue weighted by Crippen LogP contribution is -2.47. The van der Waals surface area contributed by atoms with E-state index in [2.05, 4.69) is 15.2 Å². The highest BCUT2D eigenvalue weighted by molar-refractivity contribution is 5.86. The second-order valence-electron chi connectivity index (χ2n) is 8.60. The van der Waals surface area contributed by atoms with Crippen LogP contribution in [0.4, 0.5) is 17.6 Å². The summed E-state index contributed by atoms with van der Waals surface area (Å²) in [5.74, 6) is 0.863. The first-order chi connectivity index (χ1) is 16.2. The normalized spacial score (nSPS) is 20.3. The number of ether oxygens (including phenoxy) is 1. The van der Waals surface area contributed by atoms with Crippen molar-refractivity contribution in [1.82, 2.24) is 24.5 Å². The number of methoxy groups -OCH3 is 1. The molecule has 1 saturated heterocycles. The highest BCUT2D eigenvalue weighted by atomic mass is 19.4. The summed E-state index contributed by atoms with van der Waals surface area (Å²) in [4.78, 5) is 5.81. The number of para-hydroxylation sites is 1. The van der Waals surface area contributed by atoms with Gasteiger partial charge in [0.15, 0.2) is 11.5 Å². The molecular weight excluding hydrogens is 452 g/mol. The van der Waals surface area contributed by atoms with Crippen molar-refractivity contribution in [2.24, 2.45) is 5.73 Å². The van der Waals surface area contributed by atoms with E-state index in [1.165, 1.54) is 34.7 Å². The number of likely N-dealkylation sites (tertiary alicyclic amines) is 1. The van der Waals surface area contributed by atoms with Gasteiger partial charge in [0.25, 0.3) is 0 Å². The number of rotatable bonds is 5. The van der Waals surface area contributed by atoms with E-state index in [0.717, 1.165) is 5.39 Å². The van der Waals surface area contributed by atoms with Crippen LogP contribution in [0.2, 0.25) is 0 Å². The maximum Gasteiger partial charge on any atom is 0.408 e. The predicted molar refractivity (Wildman–Crippen MR) is 118 cm³/mol. The van der Waals surface area contributed by atoms with Crippen LogP contribution in [0.1, 0.15) is 18.0 Å². The molecular formula is C23H22F4N6O. The number of alkyl halides is 4. The number of fused-ring (bicyclic) bond motifs is 2. The molecule has 178 valence electrons. The van der Waals surface area contributed by atoms with Gasteiger partial charge in [-0.2, -0.15) is 13.2 Å². The Morgan fingerprint density at radius 3 is 2.68 bits per heavy atom. The van der Waals surface area contributed by atoms with Gasteiger partial charge >= 0.3 is 6.18 Å². The monoisotopic (exact) mass is 474 g/mol. The Morgan fingerprint density at radius 2 is 1.97 bits per heavy atom. The Labute approximate surface area is 192 Å². The lowest BCUT2D eigenvalue weighted by molar-refractivity contribution is -0.184. The minimum atomic E-state index is -4.59. The summed E-state index contributed by atoms with van der Waals surface area (Å²) >= 11 is 0. The molecule has 0 bridgehead atoms. The number of hydrogen-bond donors (Lipinski definition) is 1. The minimum Gasteiger partial charge on any atom is -0.494 e. The third-order valence-electron chi connectivity index (χ3n) is 6.23. The molecule has 0 aliphatic carbocycles. The molecule has 2 N–H and O–H groups in total. The number of nitrogens with two attached hydrogens (primary N) is 1. The lowest BCUT2D eigenvalue weighted by atomic mass is 10.0. The predicted octanol–water partition coefficient (Wildman–Crippen LogP) is 3.93. The summed E-state index contributed by atoms with van der Waals surface area (Å²) in [6.07, 6.45) is -3.07. The molecule has 4 heterocycles. The van der Waals surface area contributed by atoms with Crippen LogP contribution in [0.5, 0.6) is 5.75 Å². The van der Waals surface area contributed by atoms with E-state index >= 15 is 0 Å². The highest BCUT2D eigenvalue weighted by Crippen LogP contribution is 2.41. The summed E-state index contributed by atoms with van der Waals surface area (Å²) in [6, 6.07) is 9.99. The van der Waals surface area contributed by atoms with Gasteiger partial charge in [-0.15, -0.1) is 10.2 Å². The molecule has 5 rings (SSSR count). The fourth-order valence-electron chi connectivity index (χ4n) is 4.52. The van der Waals surface area contributed by atoms with Crippen molar-refractivity contribution in [1.29, 1.82) is 0 Å². The smallest absolute Gasteiger partial charge is 0.408 e. The average Bonchev–Trinajstić information content (AvgIpc) is 3.41. The molecule has 2 atom stereocenters. The lowest BCUT2D eigenvalue weighted by Gasteiger charge is -2.31. The number of nitrogens with zero attached hydrogens (tertiary/aromatic N) is 5. The van der Waals surface area contributed by atoms with Gasteiger partial charge in [0.2, 0.25) is 0 Å². The van der Waals surface area contributed by atoms with Crippen LogP contribution in [-0.4, -0.2) is 63.1 Å². The van der Waals surface area contributed by atoms with E-state index in [9.17, 15) is 17.6 Å². The van der Waals surface area contributed by atoms with Crippen LogP contribution in [0.3, 0.4) is 0 Å². The average molecular weight is 474 g/mol. The topological polar surface area (TPSA) is 81.6 Å². The van der Waals surface area contributed by atoms with Crippen molar-refractivity contribution in [3.8, 4) is 17.3 Å². The summed E-state index contributed by atoms with van der Waals surface area (Å²) < 4.78 is 62.7. The quantitative estimate of drug-likeness (QED) is 0.442. The molecule has 1 aromatic carbocycles. The third kappa shape index (κ3) is 3.84. The molecule has 0 radical (unpaired) electrons.